The van der Waals surface area contributed by atoms with Crippen molar-refractivity contribution in [1.29, 1.82) is 0 Å². The van der Waals surface area contributed by atoms with Crippen LogP contribution in [0.1, 0.15) is 27.4 Å². The minimum atomic E-state index is -0.198. The summed E-state index contributed by atoms with van der Waals surface area (Å²) in [5, 5.41) is 11.0. The van der Waals surface area contributed by atoms with Gasteiger partial charge >= 0.3 is 0 Å². The van der Waals surface area contributed by atoms with Gasteiger partial charge in [-0.3, -0.25) is 9.59 Å². The third-order valence-corrected chi connectivity index (χ3v) is 3.07. The monoisotopic (exact) mass is 241 g/mol. The summed E-state index contributed by atoms with van der Waals surface area (Å²) in [6, 6.07) is 3.68. The summed E-state index contributed by atoms with van der Waals surface area (Å²) in [5.41, 5.74) is 0. The van der Waals surface area contributed by atoms with Gasteiger partial charge in [-0.15, -0.1) is 11.3 Å². The molecule has 0 aliphatic heterocycles. The molecule has 1 amide bonds. The molecule has 1 heterocycles. The number of amides is 1. The summed E-state index contributed by atoms with van der Waals surface area (Å²) in [6.45, 7) is 2.10. The molecule has 0 saturated heterocycles. The molecule has 0 fully saturated rings. The number of hydrogen-bond acceptors (Lipinski definition) is 4. The summed E-state index contributed by atoms with van der Waals surface area (Å²) in [7, 11) is 0. The molecule has 5 heteroatoms. The highest BCUT2D eigenvalue weighted by Gasteiger charge is 2.10. The lowest BCUT2D eigenvalue weighted by molar-refractivity contribution is -0.121. The van der Waals surface area contributed by atoms with Crippen LogP contribution < -0.4 is 5.32 Å². The van der Waals surface area contributed by atoms with Crippen LogP contribution in [0.15, 0.2) is 12.1 Å². The molecule has 4 nitrogen and oxygen atoms in total. The molecule has 1 aromatic heterocycles. The van der Waals surface area contributed by atoms with E-state index >= 15 is 0 Å². The second-order valence-corrected chi connectivity index (χ2v) is 4.69. The van der Waals surface area contributed by atoms with E-state index in [1.54, 1.807) is 6.07 Å². The summed E-state index contributed by atoms with van der Waals surface area (Å²) < 4.78 is 0. The Labute approximate surface area is 98.3 Å². The molecule has 0 aliphatic carbocycles. The van der Waals surface area contributed by atoms with Crippen molar-refractivity contribution in [2.45, 2.75) is 19.8 Å². The highest BCUT2D eigenvalue weighted by atomic mass is 32.1. The molecule has 0 saturated carbocycles. The van der Waals surface area contributed by atoms with Gasteiger partial charge in [0.25, 0.3) is 0 Å². The first-order valence-corrected chi connectivity index (χ1v) is 5.92. The highest BCUT2D eigenvalue weighted by Crippen LogP contribution is 2.17. The van der Waals surface area contributed by atoms with Crippen LogP contribution in [0.4, 0.5) is 0 Å². The standard InChI is InChI=1S/C11H15NO3S/c1-8-2-4-10(16-8)9(14)3-5-11(15)12-6-7-13/h2,4,13H,3,5-7H2,1H3,(H,12,15). The highest BCUT2D eigenvalue weighted by molar-refractivity contribution is 7.14. The van der Waals surface area contributed by atoms with Crippen LogP contribution in [0.5, 0.6) is 0 Å². The van der Waals surface area contributed by atoms with Gasteiger partial charge in [0.05, 0.1) is 11.5 Å². The topological polar surface area (TPSA) is 66.4 Å². The molecule has 0 bridgehead atoms. The van der Waals surface area contributed by atoms with Crippen LogP contribution >= 0.6 is 11.3 Å². The van der Waals surface area contributed by atoms with E-state index in [2.05, 4.69) is 5.32 Å². The number of ketones is 1. The van der Waals surface area contributed by atoms with Crippen molar-refractivity contribution in [3.63, 3.8) is 0 Å². The molecule has 0 aromatic carbocycles. The number of aryl methyl sites for hydroxylation is 1. The first kappa shape index (κ1) is 12.9. The van der Waals surface area contributed by atoms with E-state index in [1.165, 1.54) is 11.3 Å². The first-order valence-electron chi connectivity index (χ1n) is 5.10. The van der Waals surface area contributed by atoms with Crippen molar-refractivity contribution < 1.29 is 14.7 Å². The largest absolute Gasteiger partial charge is 0.395 e. The Bertz CT molecular complexity index is 373. The summed E-state index contributed by atoms with van der Waals surface area (Å²) in [6.07, 6.45) is 0.396. The third-order valence-electron chi connectivity index (χ3n) is 2.03. The number of aliphatic hydroxyl groups excluding tert-OH is 1. The minimum Gasteiger partial charge on any atom is -0.395 e. The van der Waals surface area contributed by atoms with Gasteiger partial charge in [0.15, 0.2) is 5.78 Å². The lowest BCUT2D eigenvalue weighted by Gasteiger charge is -2.01. The zero-order valence-electron chi connectivity index (χ0n) is 9.16. The molecule has 1 aromatic rings. The predicted octanol–water partition coefficient (Wildman–Crippen LogP) is 1.13. The van der Waals surface area contributed by atoms with Gasteiger partial charge in [0, 0.05) is 24.3 Å². The number of thiophene rings is 1. The molecule has 16 heavy (non-hydrogen) atoms. The van der Waals surface area contributed by atoms with Crippen LogP contribution in [0, 0.1) is 6.92 Å². The fourth-order valence-electron chi connectivity index (χ4n) is 1.22. The van der Waals surface area contributed by atoms with Crippen molar-refractivity contribution in [2.75, 3.05) is 13.2 Å². The maximum Gasteiger partial charge on any atom is 0.220 e. The smallest absolute Gasteiger partial charge is 0.220 e. The van der Waals surface area contributed by atoms with Gasteiger partial charge in [0.1, 0.15) is 0 Å². The maximum absolute atomic E-state index is 11.6. The molecule has 0 aliphatic rings. The van der Waals surface area contributed by atoms with Crippen molar-refractivity contribution in [3.05, 3.63) is 21.9 Å². The zero-order chi connectivity index (χ0) is 12.0. The summed E-state index contributed by atoms with van der Waals surface area (Å²) in [4.78, 5) is 24.6. The number of nitrogens with one attached hydrogen (secondary N) is 1. The molecule has 1 rings (SSSR count). The van der Waals surface area contributed by atoms with Gasteiger partial charge in [-0.1, -0.05) is 0 Å². The zero-order valence-corrected chi connectivity index (χ0v) is 9.97. The van der Waals surface area contributed by atoms with E-state index in [1.807, 2.05) is 13.0 Å². The van der Waals surface area contributed by atoms with E-state index in [0.29, 0.717) is 4.88 Å². The number of hydrogen-bond donors (Lipinski definition) is 2. The van der Waals surface area contributed by atoms with E-state index in [-0.39, 0.29) is 37.7 Å². The number of Topliss-reactive ketones (excluding diaryl/α,β-unsaturated/α-hetero) is 1. The van der Waals surface area contributed by atoms with Crippen molar-refractivity contribution in [2.24, 2.45) is 0 Å². The molecular weight excluding hydrogens is 226 g/mol. The normalized spacial score (nSPS) is 10.1. The van der Waals surface area contributed by atoms with Crippen LogP contribution in [0.3, 0.4) is 0 Å². The average molecular weight is 241 g/mol. The summed E-state index contributed by atoms with van der Waals surface area (Å²) in [5.74, 6) is -0.201. The average Bonchev–Trinajstić information content (AvgIpc) is 2.69. The first-order chi connectivity index (χ1) is 7.63. The fraction of sp³-hybridized carbons (Fsp3) is 0.455. The molecule has 0 radical (unpaired) electrons. The lowest BCUT2D eigenvalue weighted by atomic mass is 10.2. The third kappa shape index (κ3) is 4.12. The molecule has 0 spiro atoms. The Balaban J connectivity index is 2.33. The number of rotatable bonds is 6. The van der Waals surface area contributed by atoms with Crippen molar-refractivity contribution in [3.8, 4) is 0 Å². The van der Waals surface area contributed by atoms with E-state index < -0.39 is 0 Å². The fourth-order valence-corrected chi connectivity index (χ4v) is 2.05. The number of carbonyl (C=O) groups is 2. The maximum atomic E-state index is 11.6. The van der Waals surface area contributed by atoms with Crippen LogP contribution in [0.25, 0.3) is 0 Å². The Morgan fingerprint density at radius 2 is 2.12 bits per heavy atom. The Hall–Kier alpha value is -1.20. The Morgan fingerprint density at radius 1 is 1.38 bits per heavy atom. The molecule has 2 N–H and O–H groups in total. The molecule has 0 atom stereocenters. The predicted molar refractivity (Wildman–Crippen MR) is 62.7 cm³/mol. The van der Waals surface area contributed by atoms with Gasteiger partial charge in [-0.2, -0.15) is 0 Å². The number of aliphatic hydroxyl groups is 1. The number of carbonyl (C=O) groups excluding carboxylic acids is 2. The van der Waals surface area contributed by atoms with E-state index in [4.69, 9.17) is 5.11 Å². The van der Waals surface area contributed by atoms with Gasteiger partial charge < -0.3 is 10.4 Å². The summed E-state index contributed by atoms with van der Waals surface area (Å²) >= 11 is 1.44. The Kier molecular flexibility index (Phi) is 5.14. The Morgan fingerprint density at radius 3 is 2.69 bits per heavy atom. The van der Waals surface area contributed by atoms with Crippen molar-refractivity contribution in [1.82, 2.24) is 5.32 Å². The van der Waals surface area contributed by atoms with Gasteiger partial charge in [0.2, 0.25) is 5.91 Å². The second-order valence-electron chi connectivity index (χ2n) is 3.41. The SMILES string of the molecule is Cc1ccc(C(=O)CCC(=O)NCCO)s1. The molecule has 88 valence electrons. The van der Waals surface area contributed by atoms with Gasteiger partial charge in [-0.25, -0.2) is 0 Å². The van der Waals surface area contributed by atoms with E-state index in [0.717, 1.165) is 4.88 Å². The minimum absolute atomic E-state index is 0.00255. The van der Waals surface area contributed by atoms with Crippen molar-refractivity contribution >= 4 is 23.0 Å². The van der Waals surface area contributed by atoms with E-state index in [9.17, 15) is 9.59 Å². The lowest BCUT2D eigenvalue weighted by Crippen LogP contribution is -2.26. The quantitative estimate of drug-likeness (QED) is 0.734. The van der Waals surface area contributed by atoms with Crippen LogP contribution in [0.2, 0.25) is 0 Å². The van der Waals surface area contributed by atoms with Crippen LogP contribution in [-0.4, -0.2) is 29.9 Å². The second kappa shape index (κ2) is 6.40. The molecular formula is C11H15NO3S. The van der Waals surface area contributed by atoms with Crippen LogP contribution in [-0.2, 0) is 4.79 Å². The van der Waals surface area contributed by atoms with Gasteiger partial charge in [-0.05, 0) is 19.1 Å². The molecule has 0 unspecified atom stereocenters.